The van der Waals surface area contributed by atoms with Crippen LogP contribution in [0.4, 0.5) is 0 Å². The Hall–Kier alpha value is -1.69. The number of pyridine rings is 1. The van der Waals surface area contributed by atoms with Crippen LogP contribution in [0.2, 0.25) is 0 Å². The zero-order chi connectivity index (χ0) is 13.0. The molecule has 2 aromatic heterocycles. The van der Waals surface area contributed by atoms with Crippen molar-refractivity contribution in [1.82, 2.24) is 14.5 Å². The molecule has 0 radical (unpaired) electrons. The van der Waals surface area contributed by atoms with Crippen molar-refractivity contribution >= 4 is 15.9 Å². The summed E-state index contributed by atoms with van der Waals surface area (Å²) in [5.74, 6) is 0.536. The van der Waals surface area contributed by atoms with E-state index in [-0.39, 0.29) is 11.4 Å². The number of halogens is 1. The molecule has 0 unspecified atom stereocenters. The minimum atomic E-state index is -0.237. The van der Waals surface area contributed by atoms with E-state index in [0.717, 1.165) is 10.9 Å². The van der Waals surface area contributed by atoms with Gasteiger partial charge >= 0.3 is 5.56 Å². The summed E-state index contributed by atoms with van der Waals surface area (Å²) in [4.78, 5) is 19.9. The highest BCUT2D eigenvalue weighted by Crippen LogP contribution is 2.19. The highest BCUT2D eigenvalue weighted by molar-refractivity contribution is 9.10. The van der Waals surface area contributed by atoms with Gasteiger partial charge in [0.15, 0.2) is 0 Å². The molecule has 2 heterocycles. The number of hydrogen-bond donors (Lipinski definition) is 0. The first-order valence-electron chi connectivity index (χ1n) is 5.54. The topological polar surface area (TPSA) is 57.0 Å². The normalized spacial score (nSPS) is 10.3. The summed E-state index contributed by atoms with van der Waals surface area (Å²) in [7, 11) is 0. The molecule has 0 aliphatic rings. The molecule has 6 heteroatoms. The number of aromatic nitrogens is 3. The standard InChI is InChI=1S/C12H12BrN3O2/c1-2-4-16-5-3-15-11(12(16)17)18-10-6-9(13)7-14-8-10/h3,5-8H,2,4H2,1H3. The number of rotatable bonds is 4. The van der Waals surface area contributed by atoms with Crippen LogP contribution in [0.15, 0.2) is 40.1 Å². The molecule has 18 heavy (non-hydrogen) atoms. The van der Waals surface area contributed by atoms with Crippen molar-refractivity contribution in [2.24, 2.45) is 0 Å². The Kier molecular flexibility index (Phi) is 4.09. The average Bonchev–Trinajstić information content (AvgIpc) is 2.35. The van der Waals surface area contributed by atoms with E-state index in [2.05, 4.69) is 25.9 Å². The summed E-state index contributed by atoms with van der Waals surface area (Å²) in [6.07, 6.45) is 7.25. The van der Waals surface area contributed by atoms with Gasteiger partial charge in [0.1, 0.15) is 5.75 Å². The number of hydrogen-bond acceptors (Lipinski definition) is 4. The maximum Gasteiger partial charge on any atom is 0.313 e. The summed E-state index contributed by atoms with van der Waals surface area (Å²) >= 11 is 3.29. The lowest BCUT2D eigenvalue weighted by Crippen LogP contribution is -2.21. The van der Waals surface area contributed by atoms with Gasteiger partial charge in [-0.25, -0.2) is 4.98 Å². The summed E-state index contributed by atoms with van der Waals surface area (Å²) in [5, 5.41) is 0. The molecule has 2 rings (SSSR count). The first kappa shape index (κ1) is 12.8. The molecule has 94 valence electrons. The van der Waals surface area contributed by atoms with Gasteiger partial charge in [-0.15, -0.1) is 0 Å². The van der Waals surface area contributed by atoms with Crippen molar-refractivity contribution in [3.05, 3.63) is 45.7 Å². The molecule has 2 aromatic rings. The largest absolute Gasteiger partial charge is 0.433 e. The SMILES string of the molecule is CCCn1ccnc(Oc2cncc(Br)c2)c1=O. The van der Waals surface area contributed by atoms with E-state index in [9.17, 15) is 4.79 Å². The summed E-state index contributed by atoms with van der Waals surface area (Å²) < 4.78 is 7.80. The third-order valence-corrected chi connectivity index (χ3v) is 2.67. The summed E-state index contributed by atoms with van der Waals surface area (Å²) in [6, 6.07) is 1.73. The predicted octanol–water partition coefficient (Wildman–Crippen LogP) is 2.60. The molecule has 0 N–H and O–H groups in total. The summed E-state index contributed by atoms with van der Waals surface area (Å²) in [6.45, 7) is 2.65. The van der Waals surface area contributed by atoms with Crippen molar-refractivity contribution in [2.75, 3.05) is 0 Å². The molecule has 0 fully saturated rings. The van der Waals surface area contributed by atoms with Gasteiger partial charge in [0.05, 0.1) is 6.20 Å². The lowest BCUT2D eigenvalue weighted by Gasteiger charge is -2.07. The van der Waals surface area contributed by atoms with Crippen molar-refractivity contribution in [3.63, 3.8) is 0 Å². The molecule has 0 bridgehead atoms. The van der Waals surface area contributed by atoms with Gasteiger partial charge in [0.25, 0.3) is 5.88 Å². The molecular weight excluding hydrogens is 298 g/mol. The van der Waals surface area contributed by atoms with Crippen molar-refractivity contribution in [2.45, 2.75) is 19.9 Å². The fourth-order valence-electron chi connectivity index (χ4n) is 1.47. The van der Waals surface area contributed by atoms with Gasteiger partial charge in [-0.05, 0) is 28.4 Å². The van der Waals surface area contributed by atoms with Crippen molar-refractivity contribution in [1.29, 1.82) is 0 Å². The second kappa shape index (κ2) is 5.77. The number of ether oxygens (including phenoxy) is 1. The van der Waals surface area contributed by atoms with Crippen LogP contribution in [0.25, 0.3) is 0 Å². The molecule has 0 atom stereocenters. The molecular formula is C12H12BrN3O2. The van der Waals surface area contributed by atoms with Crippen LogP contribution in [0.1, 0.15) is 13.3 Å². The maximum absolute atomic E-state index is 12.0. The zero-order valence-electron chi connectivity index (χ0n) is 9.84. The molecule has 0 aliphatic heterocycles. The predicted molar refractivity (Wildman–Crippen MR) is 70.8 cm³/mol. The third kappa shape index (κ3) is 2.95. The van der Waals surface area contributed by atoms with E-state index in [1.165, 1.54) is 6.20 Å². The Morgan fingerprint density at radius 1 is 1.44 bits per heavy atom. The Labute approximate surface area is 113 Å². The highest BCUT2D eigenvalue weighted by atomic mass is 79.9. The minimum Gasteiger partial charge on any atom is -0.433 e. The first-order chi connectivity index (χ1) is 8.70. The van der Waals surface area contributed by atoms with E-state index in [4.69, 9.17) is 4.74 Å². The molecule has 0 aliphatic carbocycles. The van der Waals surface area contributed by atoms with Crippen LogP contribution < -0.4 is 10.3 Å². The van der Waals surface area contributed by atoms with E-state index in [0.29, 0.717) is 12.3 Å². The Bertz CT molecular complexity index is 598. The average molecular weight is 310 g/mol. The quantitative estimate of drug-likeness (QED) is 0.871. The van der Waals surface area contributed by atoms with Crippen LogP contribution in [0, 0.1) is 0 Å². The first-order valence-corrected chi connectivity index (χ1v) is 6.34. The molecule has 0 aromatic carbocycles. The second-order valence-electron chi connectivity index (χ2n) is 3.67. The van der Waals surface area contributed by atoms with Gasteiger partial charge < -0.3 is 9.30 Å². The third-order valence-electron chi connectivity index (χ3n) is 2.24. The number of nitrogens with zero attached hydrogens (tertiary/aromatic N) is 3. The lowest BCUT2D eigenvalue weighted by molar-refractivity contribution is 0.441. The second-order valence-corrected chi connectivity index (χ2v) is 4.59. The Morgan fingerprint density at radius 2 is 2.28 bits per heavy atom. The Balaban J connectivity index is 2.29. The van der Waals surface area contributed by atoms with Gasteiger partial charge in [-0.3, -0.25) is 9.78 Å². The van der Waals surface area contributed by atoms with Gasteiger partial charge in [-0.1, -0.05) is 6.92 Å². The van der Waals surface area contributed by atoms with E-state index >= 15 is 0 Å². The lowest BCUT2D eigenvalue weighted by atomic mass is 10.4. The van der Waals surface area contributed by atoms with Crippen LogP contribution in [0.5, 0.6) is 11.6 Å². The fourth-order valence-corrected chi connectivity index (χ4v) is 1.82. The molecule has 0 saturated heterocycles. The van der Waals surface area contributed by atoms with Crippen LogP contribution in [-0.2, 0) is 6.54 Å². The zero-order valence-corrected chi connectivity index (χ0v) is 11.4. The highest BCUT2D eigenvalue weighted by Gasteiger charge is 2.07. The molecule has 0 saturated carbocycles. The van der Waals surface area contributed by atoms with Crippen LogP contribution in [0.3, 0.4) is 0 Å². The number of aryl methyl sites for hydroxylation is 1. The van der Waals surface area contributed by atoms with Crippen molar-refractivity contribution in [3.8, 4) is 11.6 Å². The van der Waals surface area contributed by atoms with Gasteiger partial charge in [0.2, 0.25) is 0 Å². The van der Waals surface area contributed by atoms with Gasteiger partial charge in [0, 0.05) is 29.6 Å². The smallest absolute Gasteiger partial charge is 0.313 e. The van der Waals surface area contributed by atoms with E-state index in [1.807, 2.05) is 6.92 Å². The van der Waals surface area contributed by atoms with E-state index in [1.54, 1.807) is 29.2 Å². The summed E-state index contributed by atoms with van der Waals surface area (Å²) in [5.41, 5.74) is -0.237. The molecule has 0 spiro atoms. The van der Waals surface area contributed by atoms with E-state index < -0.39 is 0 Å². The molecule has 0 amide bonds. The van der Waals surface area contributed by atoms with Crippen LogP contribution >= 0.6 is 15.9 Å². The maximum atomic E-state index is 12.0. The van der Waals surface area contributed by atoms with Gasteiger partial charge in [-0.2, -0.15) is 0 Å². The monoisotopic (exact) mass is 309 g/mol. The Morgan fingerprint density at radius 3 is 3.00 bits per heavy atom. The van der Waals surface area contributed by atoms with Crippen molar-refractivity contribution < 1.29 is 4.74 Å². The molecule has 5 nitrogen and oxygen atoms in total. The minimum absolute atomic E-state index is 0.0610. The fraction of sp³-hybridized carbons (Fsp3) is 0.250. The van der Waals surface area contributed by atoms with Crippen LogP contribution in [-0.4, -0.2) is 14.5 Å².